The van der Waals surface area contributed by atoms with E-state index < -0.39 is 12.0 Å². The number of para-hydroxylation sites is 1. The van der Waals surface area contributed by atoms with E-state index in [9.17, 15) is 14.4 Å². The molecule has 0 aromatic heterocycles. The Labute approximate surface area is 153 Å². The van der Waals surface area contributed by atoms with Crippen LogP contribution in [0.3, 0.4) is 0 Å². The van der Waals surface area contributed by atoms with E-state index in [0.717, 1.165) is 5.69 Å². The summed E-state index contributed by atoms with van der Waals surface area (Å²) in [6.07, 6.45) is 2.90. The van der Waals surface area contributed by atoms with Crippen LogP contribution in [0.4, 0.5) is 5.69 Å². The van der Waals surface area contributed by atoms with Crippen LogP contribution >= 0.6 is 0 Å². The molecule has 1 aliphatic heterocycles. The zero-order valence-electron chi connectivity index (χ0n) is 15.1. The van der Waals surface area contributed by atoms with Gasteiger partial charge in [0.25, 0.3) is 0 Å². The Morgan fingerprint density at radius 3 is 2.27 bits per heavy atom. The molecule has 1 saturated heterocycles. The molecule has 1 N–H and O–H groups in total. The summed E-state index contributed by atoms with van der Waals surface area (Å²) < 4.78 is 0. The number of carboxylic acids is 1. The molecular formula is C20H26N2O4. The van der Waals surface area contributed by atoms with Gasteiger partial charge in [0, 0.05) is 24.7 Å². The molecule has 26 heavy (non-hydrogen) atoms. The van der Waals surface area contributed by atoms with Gasteiger partial charge in [-0.15, -0.1) is 0 Å². The number of carbonyl (C=O) groups is 3. The van der Waals surface area contributed by atoms with Crippen molar-refractivity contribution in [1.82, 2.24) is 4.90 Å². The Bertz CT molecular complexity index is 668. The van der Waals surface area contributed by atoms with Gasteiger partial charge in [0.05, 0.1) is 5.92 Å². The van der Waals surface area contributed by atoms with E-state index >= 15 is 0 Å². The Morgan fingerprint density at radius 2 is 1.69 bits per heavy atom. The van der Waals surface area contributed by atoms with Crippen LogP contribution in [-0.2, 0) is 14.4 Å². The maximum Gasteiger partial charge on any atom is 0.306 e. The number of anilines is 1. The van der Waals surface area contributed by atoms with Crippen LogP contribution in [0, 0.1) is 11.8 Å². The fourth-order valence-electron chi connectivity index (χ4n) is 4.17. The monoisotopic (exact) mass is 358 g/mol. The lowest BCUT2D eigenvalue weighted by molar-refractivity contribution is -0.147. The van der Waals surface area contributed by atoms with Crippen molar-refractivity contribution >= 4 is 23.5 Å². The number of hydrogen-bond donors (Lipinski definition) is 1. The lowest BCUT2D eigenvalue weighted by Gasteiger charge is -2.33. The van der Waals surface area contributed by atoms with Crippen LogP contribution in [0.25, 0.3) is 0 Å². The first-order valence-electron chi connectivity index (χ1n) is 9.42. The van der Waals surface area contributed by atoms with Gasteiger partial charge in [-0.05, 0) is 51.2 Å². The highest BCUT2D eigenvalue weighted by molar-refractivity contribution is 6.01. The minimum atomic E-state index is -0.771. The highest BCUT2D eigenvalue weighted by atomic mass is 16.4. The minimum absolute atomic E-state index is 0.00426. The topological polar surface area (TPSA) is 77.9 Å². The van der Waals surface area contributed by atoms with Gasteiger partial charge >= 0.3 is 5.97 Å². The molecular weight excluding hydrogens is 332 g/mol. The van der Waals surface area contributed by atoms with E-state index in [1.165, 1.54) is 0 Å². The number of nitrogens with zero attached hydrogens (tertiary/aromatic N) is 2. The molecule has 1 unspecified atom stereocenters. The SMILES string of the molecule is CCN(C(=O)C1CCC(C(=O)O)CC1)C1CCN(c2ccccc2)C1=O. The van der Waals surface area contributed by atoms with Crippen molar-refractivity contribution in [2.45, 2.75) is 45.1 Å². The summed E-state index contributed by atoms with van der Waals surface area (Å²) in [6, 6.07) is 9.12. The summed E-state index contributed by atoms with van der Waals surface area (Å²) in [7, 11) is 0. The van der Waals surface area contributed by atoms with Crippen LogP contribution < -0.4 is 4.90 Å². The Kier molecular flexibility index (Phi) is 5.59. The number of amides is 2. The Balaban J connectivity index is 1.66. The molecule has 2 amide bonds. The molecule has 3 rings (SSSR count). The summed E-state index contributed by atoms with van der Waals surface area (Å²) in [4.78, 5) is 40.4. The number of rotatable bonds is 5. The van der Waals surface area contributed by atoms with Crippen molar-refractivity contribution in [2.24, 2.45) is 11.8 Å². The molecule has 0 bridgehead atoms. The van der Waals surface area contributed by atoms with Crippen LogP contribution in [0.15, 0.2) is 30.3 Å². The largest absolute Gasteiger partial charge is 0.481 e. The standard InChI is InChI=1S/C20H26N2O4/c1-2-21(18(23)14-8-10-15(11-9-14)20(25)26)17-12-13-22(19(17)24)16-6-4-3-5-7-16/h3-7,14-15,17H,2,8-13H2,1H3,(H,25,26). The second-order valence-electron chi connectivity index (χ2n) is 7.14. The third-order valence-electron chi connectivity index (χ3n) is 5.67. The first-order valence-corrected chi connectivity index (χ1v) is 9.42. The first-order chi connectivity index (χ1) is 12.5. The zero-order chi connectivity index (χ0) is 18.7. The van der Waals surface area contributed by atoms with E-state index in [1.54, 1.807) is 9.80 Å². The number of aliphatic carboxylic acids is 1. The summed E-state index contributed by atoms with van der Waals surface area (Å²) >= 11 is 0. The van der Waals surface area contributed by atoms with Crippen molar-refractivity contribution in [3.63, 3.8) is 0 Å². The van der Waals surface area contributed by atoms with Gasteiger partial charge in [-0.3, -0.25) is 14.4 Å². The first kappa shape index (κ1) is 18.4. The van der Waals surface area contributed by atoms with Crippen molar-refractivity contribution in [3.05, 3.63) is 30.3 Å². The van der Waals surface area contributed by atoms with E-state index in [4.69, 9.17) is 5.11 Å². The Morgan fingerprint density at radius 1 is 1.08 bits per heavy atom. The maximum absolute atomic E-state index is 13.0. The fourth-order valence-corrected chi connectivity index (χ4v) is 4.17. The molecule has 0 spiro atoms. The number of benzene rings is 1. The van der Waals surface area contributed by atoms with Gasteiger partial charge in [-0.25, -0.2) is 0 Å². The molecule has 1 aromatic rings. The van der Waals surface area contributed by atoms with E-state index in [2.05, 4.69) is 0 Å². The number of hydrogen-bond acceptors (Lipinski definition) is 3. The smallest absolute Gasteiger partial charge is 0.306 e. The van der Waals surface area contributed by atoms with Gasteiger partial charge in [0.1, 0.15) is 6.04 Å². The zero-order valence-corrected chi connectivity index (χ0v) is 15.1. The molecule has 6 heteroatoms. The third-order valence-corrected chi connectivity index (χ3v) is 5.67. The minimum Gasteiger partial charge on any atom is -0.481 e. The van der Waals surface area contributed by atoms with Gasteiger partial charge in [0.15, 0.2) is 0 Å². The second kappa shape index (κ2) is 7.89. The number of carboxylic acid groups (broad SMARTS) is 1. The average Bonchev–Trinajstić information content (AvgIpc) is 3.04. The molecule has 6 nitrogen and oxygen atoms in total. The van der Waals surface area contributed by atoms with Crippen molar-refractivity contribution in [1.29, 1.82) is 0 Å². The van der Waals surface area contributed by atoms with Gasteiger partial charge in [0.2, 0.25) is 11.8 Å². The molecule has 2 fully saturated rings. The molecule has 2 aliphatic rings. The molecule has 1 saturated carbocycles. The normalized spacial score (nSPS) is 26.0. The second-order valence-corrected chi connectivity index (χ2v) is 7.14. The molecule has 1 heterocycles. The van der Waals surface area contributed by atoms with Crippen LogP contribution in [0.1, 0.15) is 39.0 Å². The van der Waals surface area contributed by atoms with Gasteiger partial charge < -0.3 is 14.9 Å². The fraction of sp³-hybridized carbons (Fsp3) is 0.550. The predicted molar refractivity (Wildman–Crippen MR) is 97.7 cm³/mol. The molecule has 1 aliphatic carbocycles. The molecule has 1 aromatic carbocycles. The molecule has 0 radical (unpaired) electrons. The van der Waals surface area contributed by atoms with E-state index in [-0.39, 0.29) is 23.7 Å². The van der Waals surface area contributed by atoms with Crippen LogP contribution in [0.2, 0.25) is 0 Å². The van der Waals surface area contributed by atoms with Crippen LogP contribution in [0.5, 0.6) is 0 Å². The lowest BCUT2D eigenvalue weighted by Crippen LogP contribution is -2.48. The molecule has 1 atom stereocenters. The Hall–Kier alpha value is -2.37. The van der Waals surface area contributed by atoms with Gasteiger partial charge in [-0.2, -0.15) is 0 Å². The summed E-state index contributed by atoms with van der Waals surface area (Å²) in [5.41, 5.74) is 0.866. The summed E-state index contributed by atoms with van der Waals surface area (Å²) in [6.45, 7) is 3.01. The van der Waals surface area contributed by atoms with Crippen molar-refractivity contribution in [3.8, 4) is 0 Å². The number of likely N-dealkylation sites (N-methyl/N-ethyl adjacent to an activating group) is 1. The van der Waals surface area contributed by atoms with Crippen LogP contribution in [-0.4, -0.2) is 46.9 Å². The summed E-state index contributed by atoms with van der Waals surface area (Å²) in [5, 5.41) is 9.12. The lowest BCUT2D eigenvalue weighted by atomic mass is 9.81. The summed E-state index contributed by atoms with van der Waals surface area (Å²) in [5.74, 6) is -1.29. The highest BCUT2D eigenvalue weighted by Crippen LogP contribution is 2.32. The van der Waals surface area contributed by atoms with Crippen molar-refractivity contribution < 1.29 is 19.5 Å². The van der Waals surface area contributed by atoms with E-state index in [0.29, 0.717) is 45.2 Å². The predicted octanol–water partition coefficient (Wildman–Crippen LogP) is 2.53. The quantitative estimate of drug-likeness (QED) is 0.877. The van der Waals surface area contributed by atoms with E-state index in [1.807, 2.05) is 37.3 Å². The van der Waals surface area contributed by atoms with Crippen molar-refractivity contribution in [2.75, 3.05) is 18.0 Å². The molecule has 140 valence electrons. The maximum atomic E-state index is 13.0. The third kappa shape index (κ3) is 3.59. The highest BCUT2D eigenvalue weighted by Gasteiger charge is 2.40. The van der Waals surface area contributed by atoms with Gasteiger partial charge in [-0.1, -0.05) is 18.2 Å². The number of carbonyl (C=O) groups excluding carboxylic acids is 2. The average molecular weight is 358 g/mol.